The Kier molecular flexibility index (Phi) is 5.70. The van der Waals surface area contributed by atoms with Crippen molar-refractivity contribution in [3.8, 4) is 0 Å². The molecule has 0 aliphatic rings. The van der Waals surface area contributed by atoms with Crippen LogP contribution in [0.15, 0.2) is 33.7 Å². The van der Waals surface area contributed by atoms with E-state index in [0.717, 1.165) is 11.3 Å². The van der Waals surface area contributed by atoms with Gasteiger partial charge in [-0.25, -0.2) is 4.79 Å². The van der Waals surface area contributed by atoms with E-state index in [1.54, 1.807) is 19.1 Å². The zero-order chi connectivity index (χ0) is 13.4. The molecule has 0 aliphatic carbocycles. The summed E-state index contributed by atoms with van der Waals surface area (Å²) in [6.45, 7) is 5.75. The van der Waals surface area contributed by atoms with Crippen LogP contribution in [0.1, 0.15) is 26.3 Å². The third-order valence-corrected chi connectivity index (χ3v) is 1.89. The maximum absolute atomic E-state index is 11.7. The van der Waals surface area contributed by atoms with Crippen LogP contribution in [0.5, 0.6) is 0 Å². The van der Waals surface area contributed by atoms with Gasteiger partial charge in [0.15, 0.2) is 0 Å². The Balaban J connectivity index is 2.75. The van der Waals surface area contributed by atoms with Crippen LogP contribution in [0.3, 0.4) is 0 Å². The van der Waals surface area contributed by atoms with Crippen molar-refractivity contribution in [1.82, 2.24) is 0 Å². The Morgan fingerprint density at radius 1 is 1.50 bits per heavy atom. The zero-order valence-electron chi connectivity index (χ0n) is 10.8. The van der Waals surface area contributed by atoms with Gasteiger partial charge in [0.1, 0.15) is 6.61 Å². The van der Waals surface area contributed by atoms with E-state index in [0.29, 0.717) is 12.2 Å². The molecule has 0 atom stereocenters. The maximum Gasteiger partial charge on any atom is 0.337 e. The highest BCUT2D eigenvalue weighted by Crippen LogP contribution is 2.10. The predicted octanol–water partition coefficient (Wildman–Crippen LogP) is 2.64. The molecule has 1 aromatic heterocycles. The summed E-state index contributed by atoms with van der Waals surface area (Å²) in [6, 6.07) is 1.74. The average Bonchev–Trinajstić information content (AvgIpc) is 2.80. The van der Waals surface area contributed by atoms with Gasteiger partial charge in [-0.15, -0.1) is 0 Å². The van der Waals surface area contributed by atoms with Crippen LogP contribution in [-0.2, 0) is 14.4 Å². The van der Waals surface area contributed by atoms with Gasteiger partial charge in [-0.05, 0) is 32.9 Å². The smallest absolute Gasteiger partial charge is 0.337 e. The average molecular weight is 251 g/mol. The Hall–Kier alpha value is -2.04. The number of carbonyl (C=O) groups excluding carboxylic acids is 1. The lowest BCUT2D eigenvalue weighted by atomic mass is 10.2. The highest BCUT2D eigenvalue weighted by atomic mass is 16.6. The highest BCUT2D eigenvalue weighted by Gasteiger charge is 2.11. The highest BCUT2D eigenvalue weighted by molar-refractivity contribution is 5.93. The van der Waals surface area contributed by atoms with Crippen molar-refractivity contribution in [1.29, 1.82) is 0 Å². The maximum atomic E-state index is 11.7. The minimum atomic E-state index is -0.414. The number of rotatable bonds is 6. The number of esters is 1. The SMILES string of the molecule is CCOC(=O)/C(=C\c1ccoc1)CON=C(C)C. The molecule has 1 aromatic rings. The number of ether oxygens (including phenoxy) is 1. The number of hydrogen-bond donors (Lipinski definition) is 0. The second-order valence-electron chi connectivity index (χ2n) is 3.76. The molecule has 0 radical (unpaired) electrons. The first-order chi connectivity index (χ1) is 8.63. The summed E-state index contributed by atoms with van der Waals surface area (Å²) in [6.07, 6.45) is 4.72. The molecule has 1 heterocycles. The van der Waals surface area contributed by atoms with E-state index in [9.17, 15) is 4.79 Å². The van der Waals surface area contributed by atoms with Crippen molar-refractivity contribution in [2.45, 2.75) is 20.8 Å². The molecule has 0 fully saturated rings. The van der Waals surface area contributed by atoms with Crippen molar-refractivity contribution in [2.24, 2.45) is 5.16 Å². The van der Waals surface area contributed by atoms with Crippen LogP contribution in [0.2, 0.25) is 0 Å². The van der Waals surface area contributed by atoms with Crippen LogP contribution in [0, 0.1) is 0 Å². The molecule has 0 N–H and O–H groups in total. The summed E-state index contributed by atoms with van der Waals surface area (Å²) in [4.78, 5) is 16.8. The van der Waals surface area contributed by atoms with Gasteiger partial charge >= 0.3 is 5.97 Å². The summed E-state index contributed by atoms with van der Waals surface area (Å²) >= 11 is 0. The number of nitrogens with zero attached hydrogens (tertiary/aromatic N) is 1. The lowest BCUT2D eigenvalue weighted by molar-refractivity contribution is -0.139. The monoisotopic (exact) mass is 251 g/mol. The summed E-state index contributed by atoms with van der Waals surface area (Å²) in [5, 5.41) is 3.78. The number of oxime groups is 1. The lowest BCUT2D eigenvalue weighted by Crippen LogP contribution is -2.11. The third-order valence-electron chi connectivity index (χ3n) is 1.89. The summed E-state index contributed by atoms with van der Waals surface area (Å²) in [5.74, 6) is -0.414. The number of hydrogen-bond acceptors (Lipinski definition) is 5. The second kappa shape index (κ2) is 7.32. The molecule has 0 bridgehead atoms. The molecule has 98 valence electrons. The van der Waals surface area contributed by atoms with Gasteiger partial charge in [-0.3, -0.25) is 0 Å². The Labute approximate surface area is 106 Å². The minimum Gasteiger partial charge on any atom is -0.472 e. The zero-order valence-corrected chi connectivity index (χ0v) is 10.8. The summed E-state index contributed by atoms with van der Waals surface area (Å²) in [7, 11) is 0. The van der Waals surface area contributed by atoms with Crippen LogP contribution >= 0.6 is 0 Å². The lowest BCUT2D eigenvalue weighted by Gasteiger charge is -2.05. The first-order valence-corrected chi connectivity index (χ1v) is 5.66. The topological polar surface area (TPSA) is 61.0 Å². The van der Waals surface area contributed by atoms with E-state index in [-0.39, 0.29) is 6.61 Å². The van der Waals surface area contributed by atoms with Crippen LogP contribution in [0.4, 0.5) is 0 Å². The van der Waals surface area contributed by atoms with Crippen molar-refractivity contribution in [2.75, 3.05) is 13.2 Å². The first-order valence-electron chi connectivity index (χ1n) is 5.66. The van der Waals surface area contributed by atoms with Gasteiger partial charge in [0.2, 0.25) is 0 Å². The van der Waals surface area contributed by atoms with E-state index in [1.165, 1.54) is 12.5 Å². The third kappa shape index (κ3) is 4.86. The summed E-state index contributed by atoms with van der Waals surface area (Å²) in [5.41, 5.74) is 1.95. The van der Waals surface area contributed by atoms with Crippen LogP contribution < -0.4 is 0 Å². The van der Waals surface area contributed by atoms with Crippen molar-refractivity contribution >= 4 is 17.8 Å². The van der Waals surface area contributed by atoms with Gasteiger partial charge in [-0.2, -0.15) is 0 Å². The molecule has 0 spiro atoms. The Morgan fingerprint density at radius 2 is 2.28 bits per heavy atom. The quantitative estimate of drug-likeness (QED) is 0.337. The largest absolute Gasteiger partial charge is 0.472 e. The molecular formula is C13H17NO4. The van der Waals surface area contributed by atoms with Gasteiger partial charge in [0.25, 0.3) is 0 Å². The molecule has 1 rings (SSSR count). The molecule has 0 aromatic carbocycles. The van der Waals surface area contributed by atoms with Crippen LogP contribution in [-0.4, -0.2) is 24.9 Å². The van der Waals surface area contributed by atoms with Crippen molar-refractivity contribution < 1.29 is 18.8 Å². The van der Waals surface area contributed by atoms with Crippen LogP contribution in [0.25, 0.3) is 6.08 Å². The standard InChI is InChI=1S/C13H17NO4/c1-4-17-13(15)12(9-18-14-10(2)3)7-11-5-6-16-8-11/h5-8H,4,9H2,1-3H3/b12-7-. The van der Waals surface area contributed by atoms with E-state index in [1.807, 2.05) is 13.8 Å². The van der Waals surface area contributed by atoms with Gasteiger partial charge in [0.05, 0.1) is 30.4 Å². The second-order valence-corrected chi connectivity index (χ2v) is 3.76. The molecule has 5 heteroatoms. The van der Waals surface area contributed by atoms with Crippen molar-refractivity contribution in [3.05, 3.63) is 29.7 Å². The molecule has 0 amide bonds. The molecule has 0 unspecified atom stereocenters. The Morgan fingerprint density at radius 3 is 2.83 bits per heavy atom. The minimum absolute atomic E-state index is 0.0647. The normalized spacial score (nSPS) is 10.9. The predicted molar refractivity (Wildman–Crippen MR) is 68.1 cm³/mol. The number of furan rings is 1. The Bertz CT molecular complexity index is 428. The van der Waals surface area contributed by atoms with Gasteiger partial charge in [0, 0.05) is 5.56 Å². The molecule has 0 aliphatic heterocycles. The molecular weight excluding hydrogens is 234 g/mol. The fourth-order valence-corrected chi connectivity index (χ4v) is 1.17. The summed E-state index contributed by atoms with van der Waals surface area (Å²) < 4.78 is 9.88. The first kappa shape index (κ1) is 14.0. The number of carbonyl (C=O) groups is 1. The fourth-order valence-electron chi connectivity index (χ4n) is 1.17. The van der Waals surface area contributed by atoms with Gasteiger partial charge < -0.3 is 14.0 Å². The van der Waals surface area contributed by atoms with E-state index < -0.39 is 5.97 Å². The molecule has 0 saturated carbocycles. The fraction of sp³-hybridized carbons (Fsp3) is 0.385. The van der Waals surface area contributed by atoms with E-state index in [2.05, 4.69) is 5.16 Å². The molecule has 0 saturated heterocycles. The van der Waals surface area contributed by atoms with Gasteiger partial charge in [-0.1, -0.05) is 5.16 Å². The molecule has 18 heavy (non-hydrogen) atoms. The van der Waals surface area contributed by atoms with E-state index >= 15 is 0 Å². The van der Waals surface area contributed by atoms with E-state index in [4.69, 9.17) is 14.0 Å². The molecule has 5 nitrogen and oxygen atoms in total. The van der Waals surface area contributed by atoms with Crippen molar-refractivity contribution in [3.63, 3.8) is 0 Å².